The molecule has 3 heterocycles. The fourth-order valence-corrected chi connectivity index (χ4v) is 2.53. The van der Waals surface area contributed by atoms with Crippen LogP contribution in [-0.4, -0.2) is 49.8 Å². The van der Waals surface area contributed by atoms with Crippen LogP contribution in [0.4, 0.5) is 4.39 Å². The Morgan fingerprint density at radius 1 is 1.63 bits per heavy atom. The molecule has 2 aromatic rings. The quantitative estimate of drug-likeness (QED) is 0.722. The van der Waals surface area contributed by atoms with Gasteiger partial charge in [0.25, 0.3) is 5.56 Å². The Bertz CT molecular complexity index is 663. The molecule has 1 fully saturated rings. The lowest BCUT2D eigenvalue weighted by molar-refractivity contribution is 0.0459. The normalized spacial score (nSPS) is 28.3. The number of nitrogens with zero attached hydrogens (tertiary/aromatic N) is 2. The van der Waals surface area contributed by atoms with E-state index >= 15 is 0 Å². The third kappa shape index (κ3) is 2.04. The number of alkyl halides is 1. The number of rotatable bonds is 2. The molecule has 0 spiro atoms. The number of halogens is 1. The summed E-state index contributed by atoms with van der Waals surface area (Å²) < 4.78 is 13.9. The zero-order chi connectivity index (χ0) is 13.6. The van der Waals surface area contributed by atoms with E-state index in [0.29, 0.717) is 17.6 Å². The van der Waals surface area contributed by atoms with Crippen LogP contribution in [0.5, 0.6) is 0 Å². The first-order valence-corrected chi connectivity index (χ1v) is 6.10. The topological polar surface area (TPSA) is 85.0 Å². The molecule has 0 aromatic carbocycles. The molecule has 6 nitrogen and oxygen atoms in total. The largest absolute Gasteiger partial charge is 0.388 e. The van der Waals surface area contributed by atoms with E-state index < -0.39 is 11.8 Å². The lowest BCUT2D eigenvalue weighted by Gasteiger charge is -2.16. The van der Waals surface area contributed by atoms with Gasteiger partial charge < -0.3 is 15.1 Å². The number of aromatic nitrogens is 3. The minimum atomic E-state index is -1.59. The number of hydrogen-bond donors (Lipinski definition) is 3. The van der Waals surface area contributed by atoms with Crippen LogP contribution in [0, 0.1) is 0 Å². The highest BCUT2D eigenvalue weighted by atomic mass is 19.1. The average molecular weight is 266 g/mol. The summed E-state index contributed by atoms with van der Waals surface area (Å²) >= 11 is 0. The molecule has 0 radical (unpaired) electrons. The van der Waals surface area contributed by atoms with Crippen LogP contribution in [0.2, 0.25) is 0 Å². The lowest BCUT2D eigenvalue weighted by atomic mass is 10.1. The SMILES string of the molecule is C[C@]1(F)CN(Cc2c[nH]c3c(=O)[nH]cnc23)C[C@H]1O. The van der Waals surface area contributed by atoms with Crippen molar-refractivity contribution in [3.63, 3.8) is 0 Å². The van der Waals surface area contributed by atoms with E-state index in [1.165, 1.54) is 13.3 Å². The molecular formula is C12H15FN4O2. The van der Waals surface area contributed by atoms with Gasteiger partial charge in [-0.15, -0.1) is 0 Å². The highest BCUT2D eigenvalue weighted by Gasteiger charge is 2.42. The van der Waals surface area contributed by atoms with E-state index in [2.05, 4.69) is 15.0 Å². The van der Waals surface area contributed by atoms with Crippen molar-refractivity contribution in [3.05, 3.63) is 28.4 Å². The number of nitrogens with one attached hydrogen (secondary N) is 2. The maximum Gasteiger partial charge on any atom is 0.275 e. The second kappa shape index (κ2) is 4.14. The molecule has 19 heavy (non-hydrogen) atoms. The summed E-state index contributed by atoms with van der Waals surface area (Å²) in [6, 6.07) is 0. The summed E-state index contributed by atoms with van der Waals surface area (Å²) in [4.78, 5) is 22.9. The molecule has 0 saturated carbocycles. The zero-order valence-electron chi connectivity index (χ0n) is 10.5. The molecule has 7 heteroatoms. The first-order chi connectivity index (χ1) is 8.97. The molecular weight excluding hydrogens is 251 g/mol. The van der Waals surface area contributed by atoms with Crippen molar-refractivity contribution in [2.75, 3.05) is 13.1 Å². The average Bonchev–Trinajstić information content (AvgIpc) is 2.83. The minimum Gasteiger partial charge on any atom is -0.388 e. The monoisotopic (exact) mass is 266 g/mol. The second-order valence-electron chi connectivity index (χ2n) is 5.23. The Morgan fingerprint density at radius 3 is 3.11 bits per heavy atom. The molecule has 1 saturated heterocycles. The Hall–Kier alpha value is -1.73. The van der Waals surface area contributed by atoms with Gasteiger partial charge in [0, 0.05) is 31.4 Å². The van der Waals surface area contributed by atoms with Crippen molar-refractivity contribution in [2.45, 2.75) is 25.2 Å². The van der Waals surface area contributed by atoms with E-state index in [0.717, 1.165) is 5.56 Å². The third-order valence-electron chi connectivity index (χ3n) is 3.60. The summed E-state index contributed by atoms with van der Waals surface area (Å²) in [5, 5.41) is 9.62. The van der Waals surface area contributed by atoms with Crippen LogP contribution in [0.25, 0.3) is 11.0 Å². The predicted octanol–water partition coefficient (Wildman–Crippen LogP) is 0.156. The molecule has 0 aliphatic carbocycles. The third-order valence-corrected chi connectivity index (χ3v) is 3.60. The summed E-state index contributed by atoms with van der Waals surface area (Å²) in [6.07, 6.45) is 2.07. The Morgan fingerprint density at radius 2 is 2.42 bits per heavy atom. The number of H-pyrrole nitrogens is 2. The van der Waals surface area contributed by atoms with Crippen molar-refractivity contribution < 1.29 is 9.50 Å². The molecule has 1 aliphatic rings. The van der Waals surface area contributed by atoms with E-state index in [4.69, 9.17) is 0 Å². The number of β-amino-alcohol motifs (C(OH)–C–C–N with tert-alkyl or cyclic N) is 1. The number of hydrogen-bond acceptors (Lipinski definition) is 4. The van der Waals surface area contributed by atoms with E-state index in [-0.39, 0.29) is 18.6 Å². The molecule has 2 aromatic heterocycles. The summed E-state index contributed by atoms with van der Waals surface area (Å²) in [7, 11) is 0. The summed E-state index contributed by atoms with van der Waals surface area (Å²) in [6.45, 7) is 2.30. The van der Waals surface area contributed by atoms with E-state index in [1.807, 2.05) is 4.90 Å². The van der Waals surface area contributed by atoms with Crippen molar-refractivity contribution in [3.8, 4) is 0 Å². The van der Waals surface area contributed by atoms with Gasteiger partial charge >= 0.3 is 0 Å². The van der Waals surface area contributed by atoms with Crippen LogP contribution < -0.4 is 5.56 Å². The van der Waals surface area contributed by atoms with Crippen LogP contribution in [-0.2, 0) is 6.54 Å². The Labute approximate surface area is 108 Å². The van der Waals surface area contributed by atoms with Crippen LogP contribution in [0.1, 0.15) is 12.5 Å². The highest BCUT2D eigenvalue weighted by molar-refractivity contribution is 5.77. The van der Waals surface area contributed by atoms with E-state index in [9.17, 15) is 14.3 Å². The number of aliphatic hydroxyl groups is 1. The zero-order valence-corrected chi connectivity index (χ0v) is 10.5. The van der Waals surface area contributed by atoms with E-state index in [1.54, 1.807) is 6.20 Å². The van der Waals surface area contributed by atoms with Gasteiger partial charge in [0.2, 0.25) is 0 Å². The van der Waals surface area contributed by atoms with Gasteiger partial charge in [0.05, 0.1) is 11.8 Å². The minimum absolute atomic E-state index is 0.171. The maximum atomic E-state index is 13.9. The first-order valence-electron chi connectivity index (χ1n) is 6.10. The van der Waals surface area contributed by atoms with Crippen molar-refractivity contribution in [2.24, 2.45) is 0 Å². The van der Waals surface area contributed by atoms with Crippen LogP contribution in [0.3, 0.4) is 0 Å². The molecule has 3 rings (SSSR count). The maximum absolute atomic E-state index is 13.9. The Balaban J connectivity index is 1.87. The Kier molecular flexibility index (Phi) is 2.68. The van der Waals surface area contributed by atoms with Crippen LogP contribution >= 0.6 is 0 Å². The number of aliphatic hydroxyl groups excluding tert-OH is 1. The number of aromatic amines is 2. The van der Waals surface area contributed by atoms with Gasteiger partial charge in [0.1, 0.15) is 17.3 Å². The lowest BCUT2D eigenvalue weighted by Crippen LogP contribution is -2.32. The smallest absolute Gasteiger partial charge is 0.275 e. The van der Waals surface area contributed by atoms with Crippen LogP contribution in [0.15, 0.2) is 17.3 Å². The molecule has 2 atom stereocenters. The second-order valence-corrected chi connectivity index (χ2v) is 5.23. The van der Waals surface area contributed by atoms with Gasteiger partial charge in [-0.3, -0.25) is 9.69 Å². The van der Waals surface area contributed by atoms with Gasteiger partial charge in [-0.25, -0.2) is 9.37 Å². The molecule has 0 amide bonds. The molecule has 0 unspecified atom stereocenters. The fourth-order valence-electron chi connectivity index (χ4n) is 2.53. The van der Waals surface area contributed by atoms with Crippen molar-refractivity contribution in [1.29, 1.82) is 0 Å². The van der Waals surface area contributed by atoms with Gasteiger partial charge in [-0.2, -0.15) is 0 Å². The predicted molar refractivity (Wildman–Crippen MR) is 67.5 cm³/mol. The first kappa shape index (κ1) is 12.3. The standard InChI is InChI=1S/C12H15FN4O2/c1-12(13)5-17(4-8(12)18)3-7-2-14-10-9(7)15-6-16-11(10)19/h2,6,8,14,18H,3-5H2,1H3,(H,15,16,19)/t8-,12+/m1/s1. The summed E-state index contributed by atoms with van der Waals surface area (Å²) in [5.74, 6) is 0. The molecule has 0 bridgehead atoms. The highest BCUT2D eigenvalue weighted by Crippen LogP contribution is 2.27. The van der Waals surface area contributed by atoms with Crippen molar-refractivity contribution >= 4 is 11.0 Å². The number of likely N-dealkylation sites (tertiary alicyclic amines) is 1. The molecule has 102 valence electrons. The number of fused-ring (bicyclic) bond motifs is 1. The van der Waals surface area contributed by atoms with Crippen molar-refractivity contribution in [1.82, 2.24) is 19.9 Å². The van der Waals surface area contributed by atoms with Gasteiger partial charge in [-0.1, -0.05) is 0 Å². The van der Waals surface area contributed by atoms with Gasteiger partial charge in [0.15, 0.2) is 0 Å². The summed E-state index contributed by atoms with van der Waals surface area (Å²) in [5.41, 5.74) is 0.0155. The van der Waals surface area contributed by atoms with Gasteiger partial charge in [-0.05, 0) is 6.92 Å². The molecule has 1 aliphatic heterocycles. The molecule has 3 N–H and O–H groups in total. The fraction of sp³-hybridized carbons (Fsp3) is 0.500.